The van der Waals surface area contributed by atoms with Crippen LogP contribution in [-0.4, -0.2) is 24.2 Å². The van der Waals surface area contributed by atoms with Crippen molar-refractivity contribution in [2.45, 2.75) is 20.5 Å². The molecule has 1 aliphatic rings. The number of nitrogens with one attached hydrogen (secondary N) is 1. The zero-order valence-electron chi connectivity index (χ0n) is 19.1. The maximum absolute atomic E-state index is 12.5. The normalized spacial score (nSPS) is 15.4. The number of thioether (sulfide) groups is 1. The minimum absolute atomic E-state index is 0.175. The Morgan fingerprint density at radius 1 is 1.06 bits per heavy atom. The van der Waals surface area contributed by atoms with Crippen molar-refractivity contribution in [3.8, 4) is 5.75 Å². The number of carbonyl (C=O) groups excluding carboxylic acids is 2. The van der Waals surface area contributed by atoms with Crippen molar-refractivity contribution >= 4 is 40.6 Å². The van der Waals surface area contributed by atoms with Gasteiger partial charge in [-0.15, -0.1) is 0 Å². The first kappa shape index (κ1) is 23.3. The van der Waals surface area contributed by atoms with Gasteiger partial charge in [-0.05, 0) is 84.3 Å². The summed E-state index contributed by atoms with van der Waals surface area (Å²) in [5, 5.41) is 3.40. The lowest BCUT2D eigenvalue weighted by Gasteiger charge is -2.08. The summed E-state index contributed by atoms with van der Waals surface area (Å²) in [5.41, 5.74) is 5.36. The van der Waals surface area contributed by atoms with E-state index in [0.717, 1.165) is 27.9 Å². The molecule has 172 valence electrons. The van der Waals surface area contributed by atoms with Gasteiger partial charge in [0.1, 0.15) is 12.4 Å². The Bertz CT molecular complexity index is 1300. The predicted octanol–water partition coefficient (Wildman–Crippen LogP) is 5.56. The van der Waals surface area contributed by atoms with Gasteiger partial charge in [-0.25, -0.2) is 9.79 Å². The number of hydrogen-bond donors (Lipinski definition) is 1. The highest BCUT2D eigenvalue weighted by Crippen LogP contribution is 2.30. The zero-order valence-corrected chi connectivity index (χ0v) is 19.9. The maximum Gasteiger partial charge on any atom is 0.337 e. The fourth-order valence-corrected chi connectivity index (χ4v) is 4.15. The number of hydrogen-bond acceptors (Lipinski definition) is 6. The highest BCUT2D eigenvalue weighted by molar-refractivity contribution is 8.18. The first-order valence-corrected chi connectivity index (χ1v) is 11.5. The van der Waals surface area contributed by atoms with Crippen LogP contribution in [0.5, 0.6) is 5.75 Å². The molecular weight excluding hydrogens is 448 g/mol. The number of benzene rings is 3. The van der Waals surface area contributed by atoms with Crippen LogP contribution in [0.4, 0.5) is 5.69 Å². The van der Waals surface area contributed by atoms with Crippen LogP contribution < -0.4 is 10.1 Å². The van der Waals surface area contributed by atoms with E-state index in [1.165, 1.54) is 18.9 Å². The van der Waals surface area contributed by atoms with Crippen LogP contribution in [0.3, 0.4) is 0 Å². The number of ether oxygens (including phenoxy) is 2. The van der Waals surface area contributed by atoms with Crippen LogP contribution in [0.15, 0.2) is 76.6 Å². The monoisotopic (exact) mass is 472 g/mol. The van der Waals surface area contributed by atoms with Crippen molar-refractivity contribution in [3.05, 3.63) is 99.5 Å². The molecule has 7 heteroatoms. The summed E-state index contributed by atoms with van der Waals surface area (Å²) in [6.45, 7) is 4.41. The van der Waals surface area contributed by atoms with Gasteiger partial charge >= 0.3 is 5.97 Å². The molecule has 1 heterocycles. The Labute approximate surface area is 202 Å². The first-order valence-electron chi connectivity index (χ1n) is 10.7. The molecule has 3 aromatic carbocycles. The summed E-state index contributed by atoms with van der Waals surface area (Å²) < 4.78 is 10.6. The van der Waals surface area contributed by atoms with Gasteiger partial charge in [0.15, 0.2) is 5.17 Å². The van der Waals surface area contributed by atoms with E-state index in [2.05, 4.69) is 10.3 Å². The largest absolute Gasteiger partial charge is 0.489 e. The average Bonchev–Trinajstić information content (AvgIpc) is 3.19. The zero-order chi connectivity index (χ0) is 24.1. The standard InChI is InChI=1S/C27H24N2O4S/c1-17-6-4-9-23(18(17)2)28-27-29-25(30)24(34-27)15-20-7-5-8-22(14-20)33-16-19-10-12-21(13-11-19)26(31)32-3/h4-15H,16H2,1-3H3,(H,28,29,30). The van der Waals surface area contributed by atoms with Crippen molar-refractivity contribution < 1.29 is 19.1 Å². The van der Waals surface area contributed by atoms with Gasteiger partial charge in [-0.2, -0.15) is 0 Å². The number of amidine groups is 1. The van der Waals surface area contributed by atoms with E-state index in [1.807, 2.05) is 74.5 Å². The molecule has 0 unspecified atom stereocenters. The lowest BCUT2D eigenvalue weighted by molar-refractivity contribution is -0.115. The maximum atomic E-state index is 12.5. The molecule has 1 N–H and O–H groups in total. The van der Waals surface area contributed by atoms with Gasteiger partial charge in [0.05, 0.1) is 23.3 Å². The Hall–Kier alpha value is -3.84. The predicted molar refractivity (Wildman–Crippen MR) is 135 cm³/mol. The van der Waals surface area contributed by atoms with E-state index in [9.17, 15) is 9.59 Å². The summed E-state index contributed by atoms with van der Waals surface area (Å²) in [6.07, 6.45) is 1.82. The quantitative estimate of drug-likeness (QED) is 0.375. The van der Waals surface area contributed by atoms with Crippen LogP contribution in [0.25, 0.3) is 6.08 Å². The van der Waals surface area contributed by atoms with E-state index in [1.54, 1.807) is 12.1 Å². The molecule has 4 rings (SSSR count). The second-order valence-corrected chi connectivity index (χ2v) is 8.78. The number of nitrogens with zero attached hydrogens (tertiary/aromatic N) is 1. The van der Waals surface area contributed by atoms with E-state index in [-0.39, 0.29) is 11.9 Å². The fraction of sp³-hybridized carbons (Fsp3) is 0.148. The van der Waals surface area contributed by atoms with Crippen LogP contribution in [0.1, 0.15) is 32.6 Å². The van der Waals surface area contributed by atoms with Crippen LogP contribution in [-0.2, 0) is 16.1 Å². The average molecular weight is 473 g/mol. The molecule has 0 bridgehead atoms. The summed E-state index contributed by atoms with van der Waals surface area (Å²) in [6, 6.07) is 20.5. The molecule has 34 heavy (non-hydrogen) atoms. The molecule has 3 aromatic rings. The lowest BCUT2D eigenvalue weighted by atomic mass is 10.1. The van der Waals surface area contributed by atoms with Gasteiger partial charge in [0.25, 0.3) is 5.91 Å². The van der Waals surface area contributed by atoms with E-state index < -0.39 is 0 Å². The summed E-state index contributed by atoms with van der Waals surface area (Å²) in [5.74, 6) is 0.134. The number of aliphatic imine (C=N–C) groups is 1. The molecule has 0 radical (unpaired) electrons. The van der Waals surface area contributed by atoms with E-state index in [4.69, 9.17) is 9.47 Å². The highest BCUT2D eigenvalue weighted by atomic mass is 32.2. The Kier molecular flexibility index (Phi) is 7.13. The van der Waals surface area contributed by atoms with Crippen molar-refractivity contribution in [1.82, 2.24) is 5.32 Å². The number of carbonyl (C=O) groups is 2. The van der Waals surface area contributed by atoms with Crippen LogP contribution >= 0.6 is 11.8 Å². The smallest absolute Gasteiger partial charge is 0.337 e. The van der Waals surface area contributed by atoms with Crippen molar-refractivity contribution in [3.63, 3.8) is 0 Å². The minimum atomic E-state index is -0.371. The third-order valence-corrected chi connectivity index (χ3v) is 6.30. The molecule has 1 aliphatic heterocycles. The Balaban J connectivity index is 1.44. The van der Waals surface area contributed by atoms with Crippen molar-refractivity contribution in [1.29, 1.82) is 0 Å². The van der Waals surface area contributed by atoms with Crippen molar-refractivity contribution in [2.24, 2.45) is 4.99 Å². The lowest BCUT2D eigenvalue weighted by Crippen LogP contribution is -2.19. The van der Waals surface area contributed by atoms with Gasteiger partial charge in [-0.1, -0.05) is 36.4 Å². The number of esters is 1. The van der Waals surface area contributed by atoms with Crippen molar-refractivity contribution in [2.75, 3.05) is 7.11 Å². The molecular formula is C27H24N2O4S. The summed E-state index contributed by atoms with van der Waals surface area (Å²) in [7, 11) is 1.36. The molecule has 0 atom stereocenters. The second kappa shape index (κ2) is 10.4. The number of amides is 1. The number of rotatable bonds is 6. The summed E-state index contributed by atoms with van der Waals surface area (Å²) >= 11 is 1.32. The molecule has 0 aliphatic carbocycles. The van der Waals surface area contributed by atoms with E-state index in [0.29, 0.717) is 28.0 Å². The molecule has 1 fully saturated rings. The van der Waals surface area contributed by atoms with Gasteiger partial charge < -0.3 is 14.8 Å². The fourth-order valence-electron chi connectivity index (χ4n) is 3.31. The van der Waals surface area contributed by atoms with Gasteiger partial charge in [-0.3, -0.25) is 4.79 Å². The topological polar surface area (TPSA) is 77.0 Å². The van der Waals surface area contributed by atoms with Crippen LogP contribution in [0, 0.1) is 13.8 Å². The molecule has 6 nitrogen and oxygen atoms in total. The Morgan fingerprint density at radius 3 is 2.59 bits per heavy atom. The molecule has 1 amide bonds. The highest BCUT2D eigenvalue weighted by Gasteiger charge is 2.24. The third-order valence-electron chi connectivity index (χ3n) is 5.39. The summed E-state index contributed by atoms with van der Waals surface area (Å²) in [4.78, 5) is 29.2. The Morgan fingerprint density at radius 2 is 1.82 bits per heavy atom. The molecule has 0 spiro atoms. The first-order chi connectivity index (χ1) is 16.4. The molecule has 1 saturated heterocycles. The molecule has 0 saturated carbocycles. The number of aryl methyl sites for hydroxylation is 1. The molecule has 0 aromatic heterocycles. The SMILES string of the molecule is COC(=O)c1ccc(COc2cccc(C=C3SC(=Nc4cccc(C)c4C)NC3=O)c2)cc1. The van der Waals surface area contributed by atoms with Gasteiger partial charge in [0, 0.05) is 0 Å². The van der Waals surface area contributed by atoms with E-state index >= 15 is 0 Å². The third kappa shape index (κ3) is 5.55. The van der Waals surface area contributed by atoms with Crippen LogP contribution in [0.2, 0.25) is 0 Å². The van der Waals surface area contributed by atoms with Gasteiger partial charge in [0.2, 0.25) is 0 Å². The minimum Gasteiger partial charge on any atom is -0.489 e. The second-order valence-electron chi connectivity index (χ2n) is 7.75. The number of methoxy groups -OCH3 is 1.